The standard InChI is InChI=1S/2C18H15P.CHNS.Ag/c2*1-4-10-16(11-5-1)19(17-12-6-2-7-13-17)18-14-8-3-9-15-18;2-1-3;/h2*1-15H;3H;/q;;;+1/p-1. The van der Waals surface area contributed by atoms with Crippen LogP contribution < -0.4 is 31.8 Å². The zero-order valence-electron chi connectivity index (χ0n) is 22.9. The van der Waals surface area contributed by atoms with Gasteiger partial charge in [0.1, 0.15) is 0 Å². The summed E-state index contributed by atoms with van der Waals surface area (Å²) in [6.45, 7) is 0. The SMILES string of the molecule is N#C[S-].[Ag+].c1ccc(P(c2ccccc2)c2ccccc2)cc1.c1ccc(P(c2ccccc2)c2ccccc2)cc1. The molecule has 0 fully saturated rings. The third-order valence-electron chi connectivity index (χ3n) is 6.09. The molecule has 6 aromatic carbocycles. The van der Waals surface area contributed by atoms with Crippen LogP contribution in [-0.4, -0.2) is 0 Å². The molecule has 0 saturated carbocycles. The van der Waals surface area contributed by atoms with Crippen molar-refractivity contribution in [3.8, 4) is 5.40 Å². The molecular weight excluding hydrogens is 660 g/mol. The summed E-state index contributed by atoms with van der Waals surface area (Å²) in [5, 5.41) is 16.9. The van der Waals surface area contributed by atoms with Gasteiger partial charge in [0.2, 0.25) is 0 Å². The van der Waals surface area contributed by atoms with E-state index in [1.54, 1.807) is 0 Å². The Hall–Kier alpha value is -3.37. The van der Waals surface area contributed by atoms with Gasteiger partial charge in [0.25, 0.3) is 0 Å². The number of rotatable bonds is 6. The summed E-state index contributed by atoms with van der Waals surface area (Å²) in [6, 6.07) is 64.7. The predicted molar refractivity (Wildman–Crippen MR) is 183 cm³/mol. The summed E-state index contributed by atoms with van der Waals surface area (Å²) in [5.41, 5.74) is 0. The molecule has 42 heavy (non-hydrogen) atoms. The van der Waals surface area contributed by atoms with Gasteiger partial charge in [-0.1, -0.05) is 187 Å². The van der Waals surface area contributed by atoms with Crippen LogP contribution in [0.25, 0.3) is 0 Å². The van der Waals surface area contributed by atoms with Gasteiger partial charge in [-0.2, -0.15) is 0 Å². The van der Waals surface area contributed by atoms with Crippen LogP contribution >= 0.6 is 15.8 Å². The van der Waals surface area contributed by atoms with Crippen LogP contribution in [0.15, 0.2) is 182 Å². The van der Waals surface area contributed by atoms with E-state index in [2.05, 4.69) is 195 Å². The van der Waals surface area contributed by atoms with Crippen LogP contribution in [-0.2, 0) is 35.0 Å². The minimum absolute atomic E-state index is 0. The fourth-order valence-corrected chi connectivity index (χ4v) is 8.97. The quantitative estimate of drug-likeness (QED) is 0.0823. The average Bonchev–Trinajstić information content (AvgIpc) is 3.05. The number of nitriles is 1. The Morgan fingerprint density at radius 1 is 0.333 bits per heavy atom. The van der Waals surface area contributed by atoms with Crippen molar-refractivity contribution in [2.45, 2.75) is 0 Å². The van der Waals surface area contributed by atoms with Crippen LogP contribution in [0.3, 0.4) is 0 Å². The second-order valence-corrected chi connectivity index (χ2v) is 13.4. The molecule has 0 heterocycles. The van der Waals surface area contributed by atoms with Crippen LogP contribution in [0.1, 0.15) is 0 Å². The van der Waals surface area contributed by atoms with E-state index < -0.39 is 15.8 Å². The number of benzene rings is 6. The van der Waals surface area contributed by atoms with E-state index in [0.29, 0.717) is 0 Å². The van der Waals surface area contributed by atoms with Crippen molar-refractivity contribution in [2.24, 2.45) is 0 Å². The van der Waals surface area contributed by atoms with E-state index in [9.17, 15) is 0 Å². The summed E-state index contributed by atoms with van der Waals surface area (Å²) in [6.07, 6.45) is 0. The molecule has 0 bridgehead atoms. The Morgan fingerprint density at radius 3 is 0.571 bits per heavy atom. The maximum atomic E-state index is 7.13. The summed E-state index contributed by atoms with van der Waals surface area (Å²) in [5.74, 6) is 0. The van der Waals surface area contributed by atoms with Gasteiger partial charge in [-0.05, 0) is 47.7 Å². The van der Waals surface area contributed by atoms with E-state index in [4.69, 9.17) is 5.26 Å². The first-order valence-corrected chi connectivity index (χ1v) is 16.3. The number of hydrogen-bond acceptors (Lipinski definition) is 2. The van der Waals surface area contributed by atoms with E-state index in [0.717, 1.165) is 0 Å². The third kappa shape index (κ3) is 9.87. The molecule has 0 atom stereocenters. The molecule has 0 spiro atoms. The molecule has 6 rings (SSSR count). The second kappa shape index (κ2) is 18.9. The maximum Gasteiger partial charge on any atom is 1.00 e. The smallest absolute Gasteiger partial charge is 0.696 e. The van der Waals surface area contributed by atoms with Gasteiger partial charge < -0.3 is 12.6 Å². The van der Waals surface area contributed by atoms with Crippen molar-refractivity contribution in [1.82, 2.24) is 0 Å². The molecule has 0 saturated heterocycles. The summed E-state index contributed by atoms with van der Waals surface area (Å²) >= 11 is 3.70. The van der Waals surface area contributed by atoms with Crippen molar-refractivity contribution in [2.75, 3.05) is 0 Å². The molecular formula is C37H30AgNP2S. The molecule has 1 nitrogen and oxygen atoms in total. The van der Waals surface area contributed by atoms with Gasteiger partial charge in [-0.15, -0.1) is 0 Å². The molecule has 6 aromatic rings. The van der Waals surface area contributed by atoms with Gasteiger partial charge in [-0.3, -0.25) is 0 Å². The van der Waals surface area contributed by atoms with Crippen molar-refractivity contribution < 1.29 is 22.4 Å². The first kappa shape index (κ1) is 33.1. The molecule has 0 aliphatic rings. The minimum atomic E-state index is -0.446. The molecule has 0 aliphatic carbocycles. The fourth-order valence-electron chi connectivity index (χ4n) is 4.36. The summed E-state index contributed by atoms with van der Waals surface area (Å²) in [7, 11) is -0.892. The normalized spacial score (nSPS) is 9.74. The topological polar surface area (TPSA) is 23.8 Å². The molecule has 0 radical (unpaired) electrons. The molecule has 0 N–H and O–H groups in total. The van der Waals surface area contributed by atoms with Gasteiger partial charge >= 0.3 is 22.4 Å². The largest absolute Gasteiger partial charge is 1.00 e. The third-order valence-corrected chi connectivity index (χ3v) is 11.0. The van der Waals surface area contributed by atoms with Crippen LogP contribution in [0.2, 0.25) is 0 Å². The summed E-state index contributed by atoms with van der Waals surface area (Å²) in [4.78, 5) is 0. The summed E-state index contributed by atoms with van der Waals surface area (Å²) < 4.78 is 0. The van der Waals surface area contributed by atoms with Crippen molar-refractivity contribution in [3.63, 3.8) is 0 Å². The van der Waals surface area contributed by atoms with Crippen LogP contribution in [0.4, 0.5) is 0 Å². The van der Waals surface area contributed by atoms with Gasteiger partial charge in [0.05, 0.1) is 0 Å². The molecule has 0 aromatic heterocycles. The van der Waals surface area contributed by atoms with E-state index in [-0.39, 0.29) is 22.4 Å². The number of hydrogen-bond donors (Lipinski definition) is 0. The predicted octanol–water partition coefficient (Wildman–Crippen LogP) is 6.90. The Morgan fingerprint density at radius 2 is 0.452 bits per heavy atom. The van der Waals surface area contributed by atoms with Crippen LogP contribution in [0, 0.1) is 10.7 Å². The van der Waals surface area contributed by atoms with E-state index >= 15 is 0 Å². The van der Waals surface area contributed by atoms with Gasteiger partial charge in [-0.25, -0.2) is 5.26 Å². The zero-order chi connectivity index (χ0) is 28.5. The zero-order valence-corrected chi connectivity index (χ0v) is 27.0. The Balaban J connectivity index is 0.000000207. The Labute approximate surface area is 273 Å². The van der Waals surface area contributed by atoms with E-state index in [1.807, 2.05) is 0 Å². The van der Waals surface area contributed by atoms with E-state index in [1.165, 1.54) is 37.2 Å². The molecule has 0 unspecified atom stereocenters. The Bertz CT molecular complexity index is 1280. The van der Waals surface area contributed by atoms with Gasteiger partial charge in [0, 0.05) is 0 Å². The number of thiocyanates is 1. The molecule has 5 heteroatoms. The fraction of sp³-hybridized carbons (Fsp3) is 0. The second-order valence-electron chi connectivity index (χ2n) is 8.78. The van der Waals surface area contributed by atoms with Crippen molar-refractivity contribution >= 4 is 60.3 Å². The maximum absolute atomic E-state index is 7.13. The van der Waals surface area contributed by atoms with Crippen LogP contribution in [0.5, 0.6) is 0 Å². The Kier molecular flexibility index (Phi) is 14.9. The monoisotopic (exact) mass is 689 g/mol. The van der Waals surface area contributed by atoms with Crippen molar-refractivity contribution in [3.05, 3.63) is 182 Å². The van der Waals surface area contributed by atoms with Crippen molar-refractivity contribution in [1.29, 1.82) is 5.26 Å². The number of nitrogens with zero attached hydrogens (tertiary/aromatic N) is 1. The van der Waals surface area contributed by atoms with Gasteiger partial charge in [0.15, 0.2) is 0 Å². The first-order valence-electron chi connectivity index (χ1n) is 13.2. The minimum Gasteiger partial charge on any atom is -0.696 e. The molecule has 0 aliphatic heterocycles. The first-order chi connectivity index (χ1) is 20.3. The molecule has 0 amide bonds. The average molecular weight is 691 g/mol. The molecule has 210 valence electrons.